The minimum Gasteiger partial charge on any atom is -0.497 e. The van der Waals surface area contributed by atoms with Crippen LogP contribution in [0.5, 0.6) is 5.75 Å². The van der Waals surface area contributed by atoms with Gasteiger partial charge in [-0.25, -0.2) is 4.79 Å². The van der Waals surface area contributed by atoms with Crippen LogP contribution in [0.1, 0.15) is 18.1 Å². The highest BCUT2D eigenvalue weighted by molar-refractivity contribution is 5.88. The number of carbonyl (C=O) groups excluding carboxylic acids is 1. The molecule has 0 bridgehead atoms. The number of ether oxygens (including phenoxy) is 2. The average molecular weight is 410 g/mol. The lowest BCUT2D eigenvalue weighted by Crippen LogP contribution is -2.35. The molecule has 1 aromatic heterocycles. The number of nitrogens with two attached hydrogens (primary N) is 1. The summed E-state index contributed by atoms with van der Waals surface area (Å²) in [6.45, 7) is 0.412. The van der Waals surface area contributed by atoms with Crippen molar-refractivity contribution in [3.05, 3.63) is 66.5 Å². The Morgan fingerprint density at radius 1 is 1.23 bits per heavy atom. The molecule has 30 heavy (non-hydrogen) atoms. The van der Waals surface area contributed by atoms with Crippen molar-refractivity contribution >= 4 is 11.8 Å². The summed E-state index contributed by atoms with van der Waals surface area (Å²) in [6.07, 6.45) is 2.80. The molecule has 0 saturated heterocycles. The van der Waals surface area contributed by atoms with E-state index in [-0.39, 0.29) is 13.2 Å². The molecule has 8 nitrogen and oxygen atoms in total. The Morgan fingerprint density at radius 3 is 2.67 bits per heavy atom. The number of anilines is 1. The highest BCUT2D eigenvalue weighted by atomic mass is 16.6. The van der Waals surface area contributed by atoms with Gasteiger partial charge in [0.05, 0.1) is 13.3 Å². The smallest absolute Gasteiger partial charge is 0.414 e. The number of hydrogen-bond donors (Lipinski definition) is 3. The molecule has 158 valence electrons. The van der Waals surface area contributed by atoms with E-state index < -0.39 is 12.2 Å². The fourth-order valence-electron chi connectivity index (χ4n) is 3.08. The monoisotopic (exact) mass is 410 g/mol. The first-order valence-electron chi connectivity index (χ1n) is 9.68. The van der Waals surface area contributed by atoms with Crippen LogP contribution in [0.3, 0.4) is 0 Å². The van der Waals surface area contributed by atoms with Gasteiger partial charge in [-0.1, -0.05) is 24.3 Å². The van der Waals surface area contributed by atoms with Gasteiger partial charge >= 0.3 is 6.09 Å². The summed E-state index contributed by atoms with van der Waals surface area (Å²) in [5.41, 5.74) is 9.22. The summed E-state index contributed by atoms with van der Waals surface area (Å²) in [5, 5.41) is 16.0. The van der Waals surface area contributed by atoms with Crippen molar-refractivity contribution in [1.82, 2.24) is 10.2 Å². The maximum Gasteiger partial charge on any atom is 0.414 e. The van der Waals surface area contributed by atoms with E-state index in [1.807, 2.05) is 42.5 Å². The Bertz CT molecular complexity index is 929. The first-order valence-corrected chi connectivity index (χ1v) is 9.68. The second-order valence-electron chi connectivity index (χ2n) is 6.65. The zero-order chi connectivity index (χ0) is 21.3. The standard InChI is InChI=1S/C22H26N4O4/c1-29-20-5-2-4-17(12-20)21(13-23)30-22(28)26(10-3-11-27)19-8-6-16(7-9-19)18-14-24-25-15-18/h2,4-9,12,14-15,21,27H,3,10-11,13,23H2,1H3,(H,24,25). The quantitative estimate of drug-likeness (QED) is 0.499. The lowest BCUT2D eigenvalue weighted by Gasteiger charge is -2.25. The van der Waals surface area contributed by atoms with E-state index in [1.54, 1.807) is 25.6 Å². The first kappa shape index (κ1) is 21.4. The van der Waals surface area contributed by atoms with E-state index in [9.17, 15) is 9.90 Å². The number of aliphatic hydroxyl groups is 1. The number of rotatable bonds is 9. The molecule has 3 rings (SSSR count). The van der Waals surface area contributed by atoms with Gasteiger partial charge in [0.2, 0.25) is 0 Å². The molecule has 1 amide bonds. The van der Waals surface area contributed by atoms with E-state index in [0.717, 1.165) is 16.7 Å². The van der Waals surface area contributed by atoms with Crippen LogP contribution in [0, 0.1) is 0 Å². The molecule has 2 aromatic carbocycles. The summed E-state index contributed by atoms with van der Waals surface area (Å²) in [6, 6.07) is 14.8. The molecule has 0 spiro atoms. The van der Waals surface area contributed by atoms with Crippen molar-refractivity contribution in [2.75, 3.05) is 31.7 Å². The van der Waals surface area contributed by atoms with Gasteiger partial charge in [-0.3, -0.25) is 10.00 Å². The highest BCUT2D eigenvalue weighted by Gasteiger charge is 2.22. The minimum atomic E-state index is -0.616. The van der Waals surface area contributed by atoms with Gasteiger partial charge in [-0.15, -0.1) is 0 Å². The SMILES string of the molecule is COc1cccc(C(CN)OC(=O)N(CCCO)c2ccc(-c3cn[nH]c3)cc2)c1. The third kappa shape index (κ3) is 5.16. The lowest BCUT2D eigenvalue weighted by atomic mass is 10.1. The zero-order valence-electron chi connectivity index (χ0n) is 16.8. The topological polar surface area (TPSA) is 114 Å². The maximum atomic E-state index is 13.0. The minimum absolute atomic E-state index is 0.0346. The van der Waals surface area contributed by atoms with Gasteiger partial charge in [-0.2, -0.15) is 5.10 Å². The van der Waals surface area contributed by atoms with Crippen LogP contribution in [0.4, 0.5) is 10.5 Å². The molecule has 1 atom stereocenters. The van der Waals surface area contributed by atoms with Gasteiger partial charge in [0, 0.05) is 37.1 Å². The number of H-pyrrole nitrogens is 1. The van der Waals surface area contributed by atoms with Crippen LogP contribution in [-0.4, -0.2) is 48.2 Å². The van der Waals surface area contributed by atoms with Crippen LogP contribution >= 0.6 is 0 Å². The highest BCUT2D eigenvalue weighted by Crippen LogP contribution is 2.26. The molecule has 0 aliphatic carbocycles. The van der Waals surface area contributed by atoms with E-state index in [0.29, 0.717) is 24.4 Å². The summed E-state index contributed by atoms with van der Waals surface area (Å²) >= 11 is 0. The molecule has 4 N–H and O–H groups in total. The Hall–Kier alpha value is -3.36. The molecule has 0 radical (unpaired) electrons. The fraction of sp³-hybridized carbons (Fsp3) is 0.273. The number of amides is 1. The normalized spacial score (nSPS) is 11.7. The number of hydrogen-bond acceptors (Lipinski definition) is 6. The van der Waals surface area contributed by atoms with Crippen LogP contribution < -0.4 is 15.4 Å². The van der Waals surface area contributed by atoms with Crippen molar-refractivity contribution in [1.29, 1.82) is 0 Å². The van der Waals surface area contributed by atoms with Gasteiger partial charge in [0.15, 0.2) is 0 Å². The molecule has 0 aliphatic heterocycles. The second-order valence-corrected chi connectivity index (χ2v) is 6.65. The predicted molar refractivity (Wildman–Crippen MR) is 114 cm³/mol. The predicted octanol–water partition coefficient (Wildman–Crippen LogP) is 3.11. The number of nitrogens with zero attached hydrogens (tertiary/aromatic N) is 2. The maximum absolute atomic E-state index is 13.0. The molecular weight excluding hydrogens is 384 g/mol. The molecule has 0 saturated carbocycles. The van der Waals surface area contributed by atoms with E-state index in [2.05, 4.69) is 10.2 Å². The van der Waals surface area contributed by atoms with Crippen molar-refractivity contribution in [3.63, 3.8) is 0 Å². The molecule has 8 heteroatoms. The third-order valence-corrected chi connectivity index (χ3v) is 4.69. The van der Waals surface area contributed by atoms with Gasteiger partial charge < -0.3 is 20.3 Å². The van der Waals surface area contributed by atoms with Crippen molar-refractivity contribution in [2.24, 2.45) is 5.73 Å². The van der Waals surface area contributed by atoms with Gasteiger partial charge in [0.1, 0.15) is 11.9 Å². The zero-order valence-corrected chi connectivity index (χ0v) is 16.8. The molecule has 0 aliphatic rings. The first-order chi connectivity index (χ1) is 14.7. The number of aromatic nitrogens is 2. The number of aliphatic hydroxyl groups excluding tert-OH is 1. The number of carbonyl (C=O) groups is 1. The largest absolute Gasteiger partial charge is 0.497 e. The van der Waals surface area contributed by atoms with Crippen LogP contribution in [0.25, 0.3) is 11.1 Å². The third-order valence-electron chi connectivity index (χ3n) is 4.69. The van der Waals surface area contributed by atoms with Gasteiger partial charge in [0.25, 0.3) is 0 Å². The number of methoxy groups -OCH3 is 1. The summed E-state index contributed by atoms with van der Waals surface area (Å²) < 4.78 is 11.0. The van der Waals surface area contributed by atoms with Crippen LogP contribution in [-0.2, 0) is 4.74 Å². The number of benzene rings is 2. The summed E-state index contributed by atoms with van der Waals surface area (Å²) in [7, 11) is 1.58. The molecule has 1 heterocycles. The molecule has 0 fully saturated rings. The summed E-state index contributed by atoms with van der Waals surface area (Å²) in [4.78, 5) is 14.5. The summed E-state index contributed by atoms with van der Waals surface area (Å²) in [5.74, 6) is 0.661. The fourth-order valence-corrected chi connectivity index (χ4v) is 3.08. The van der Waals surface area contributed by atoms with Crippen molar-refractivity contribution in [2.45, 2.75) is 12.5 Å². The number of nitrogens with one attached hydrogen (secondary N) is 1. The number of aromatic amines is 1. The van der Waals surface area contributed by atoms with E-state index in [1.165, 1.54) is 4.90 Å². The Labute approximate surface area is 175 Å². The van der Waals surface area contributed by atoms with Crippen LogP contribution in [0.2, 0.25) is 0 Å². The second kappa shape index (κ2) is 10.4. The van der Waals surface area contributed by atoms with Crippen LogP contribution in [0.15, 0.2) is 60.9 Å². The van der Waals surface area contributed by atoms with E-state index >= 15 is 0 Å². The molecule has 1 unspecified atom stereocenters. The molecular formula is C22H26N4O4. The molecule has 3 aromatic rings. The Morgan fingerprint density at radius 2 is 2.03 bits per heavy atom. The van der Waals surface area contributed by atoms with Gasteiger partial charge in [-0.05, 0) is 41.8 Å². The lowest BCUT2D eigenvalue weighted by molar-refractivity contribution is 0.108. The Balaban J connectivity index is 1.78. The Kier molecular flexibility index (Phi) is 7.42. The average Bonchev–Trinajstić information content (AvgIpc) is 3.33. The van der Waals surface area contributed by atoms with E-state index in [4.69, 9.17) is 15.2 Å². The van der Waals surface area contributed by atoms with Crippen molar-refractivity contribution in [3.8, 4) is 16.9 Å². The van der Waals surface area contributed by atoms with Crippen molar-refractivity contribution < 1.29 is 19.4 Å².